The van der Waals surface area contributed by atoms with Gasteiger partial charge in [0.2, 0.25) is 0 Å². The van der Waals surface area contributed by atoms with E-state index in [0.29, 0.717) is 50.3 Å². The van der Waals surface area contributed by atoms with Crippen molar-refractivity contribution in [3.8, 4) is 16.9 Å². The summed E-state index contributed by atoms with van der Waals surface area (Å²) in [5.74, 6) is -4.06. The summed E-state index contributed by atoms with van der Waals surface area (Å²) in [5.41, 5.74) is -1.77. The first kappa shape index (κ1) is 28.4. The highest BCUT2D eigenvalue weighted by Crippen LogP contribution is 2.43. The standard InChI is InChI=1S/C28H29F7O3/c1-2-3-4-17-15-36-26(37-16-17)19-7-11-21(12-8-19)28(34,35)38-22-13-23(29)25(24(30)14-22)18-5-9-20(10-6-18)27(31,32)33/h2,5-6,9-10,13-14,17,19,21,26H,1,3-4,7-8,11-12,15-16H2. The fraction of sp³-hybridized carbons (Fsp3) is 0.500. The van der Waals surface area contributed by atoms with E-state index in [-0.39, 0.29) is 30.2 Å². The predicted octanol–water partition coefficient (Wildman–Crippen LogP) is 8.38. The Hall–Kier alpha value is -2.59. The Kier molecular flexibility index (Phi) is 8.72. The second-order valence-electron chi connectivity index (χ2n) is 9.88. The smallest absolute Gasteiger partial charge is 0.416 e. The average Bonchev–Trinajstić information content (AvgIpc) is 2.87. The summed E-state index contributed by atoms with van der Waals surface area (Å²) in [6.45, 7) is 4.81. The van der Waals surface area contributed by atoms with Gasteiger partial charge in [-0.1, -0.05) is 18.2 Å². The molecule has 0 aromatic heterocycles. The summed E-state index contributed by atoms with van der Waals surface area (Å²) >= 11 is 0. The highest BCUT2D eigenvalue weighted by molar-refractivity contribution is 5.66. The van der Waals surface area contributed by atoms with Gasteiger partial charge in [-0.2, -0.15) is 22.0 Å². The van der Waals surface area contributed by atoms with Gasteiger partial charge in [0.1, 0.15) is 17.4 Å². The molecule has 1 saturated heterocycles. The molecule has 0 atom stereocenters. The maximum atomic E-state index is 14.9. The number of allylic oxidation sites excluding steroid dienone is 1. The Bertz CT molecular complexity index is 1060. The summed E-state index contributed by atoms with van der Waals surface area (Å²) < 4.78 is 114. The van der Waals surface area contributed by atoms with Crippen LogP contribution in [0.4, 0.5) is 30.7 Å². The van der Waals surface area contributed by atoms with Crippen LogP contribution < -0.4 is 4.74 Å². The van der Waals surface area contributed by atoms with E-state index in [1.807, 2.05) is 6.08 Å². The van der Waals surface area contributed by atoms with E-state index in [0.717, 1.165) is 25.0 Å². The minimum absolute atomic E-state index is 0.0275. The van der Waals surface area contributed by atoms with Gasteiger partial charge >= 0.3 is 12.3 Å². The van der Waals surface area contributed by atoms with Gasteiger partial charge in [0, 0.05) is 24.0 Å². The van der Waals surface area contributed by atoms with Crippen LogP contribution in [0.3, 0.4) is 0 Å². The molecule has 0 N–H and O–H groups in total. The van der Waals surface area contributed by atoms with Crippen LogP contribution in [0.5, 0.6) is 5.75 Å². The van der Waals surface area contributed by atoms with Gasteiger partial charge in [0.05, 0.1) is 30.3 Å². The second-order valence-corrected chi connectivity index (χ2v) is 9.88. The molecule has 2 aromatic carbocycles. The maximum Gasteiger partial charge on any atom is 0.416 e. The van der Waals surface area contributed by atoms with Crippen molar-refractivity contribution >= 4 is 0 Å². The van der Waals surface area contributed by atoms with Crippen molar-refractivity contribution in [3.63, 3.8) is 0 Å². The van der Waals surface area contributed by atoms with Crippen molar-refractivity contribution < 1.29 is 44.9 Å². The van der Waals surface area contributed by atoms with Gasteiger partial charge in [-0.3, -0.25) is 0 Å². The molecule has 208 valence electrons. The minimum Gasteiger partial charge on any atom is -0.432 e. The molecule has 1 aliphatic carbocycles. The predicted molar refractivity (Wildman–Crippen MR) is 126 cm³/mol. The van der Waals surface area contributed by atoms with Crippen LogP contribution in [-0.2, 0) is 15.7 Å². The minimum atomic E-state index is -4.61. The zero-order chi connectivity index (χ0) is 27.5. The Morgan fingerprint density at radius 3 is 2.00 bits per heavy atom. The maximum absolute atomic E-state index is 14.9. The fourth-order valence-electron chi connectivity index (χ4n) is 5.03. The molecule has 1 aliphatic heterocycles. The van der Waals surface area contributed by atoms with Crippen molar-refractivity contribution in [1.29, 1.82) is 0 Å². The lowest BCUT2D eigenvalue weighted by Gasteiger charge is -2.39. The van der Waals surface area contributed by atoms with Crippen LogP contribution in [0.15, 0.2) is 49.1 Å². The molecule has 0 spiro atoms. The Morgan fingerprint density at radius 2 is 1.47 bits per heavy atom. The van der Waals surface area contributed by atoms with Crippen LogP contribution in [0.25, 0.3) is 11.1 Å². The topological polar surface area (TPSA) is 27.7 Å². The molecule has 0 amide bonds. The number of hydrogen-bond acceptors (Lipinski definition) is 3. The van der Waals surface area contributed by atoms with E-state index >= 15 is 0 Å². The average molecular weight is 547 g/mol. The molecular formula is C28H29F7O3. The van der Waals surface area contributed by atoms with Gasteiger partial charge in [-0.05, 0) is 56.2 Å². The van der Waals surface area contributed by atoms with Crippen molar-refractivity contribution in [1.82, 2.24) is 0 Å². The summed E-state index contributed by atoms with van der Waals surface area (Å²) in [6.07, 6.45) is -4.00. The number of halogens is 7. The summed E-state index contributed by atoms with van der Waals surface area (Å²) in [6, 6.07) is 4.43. The molecule has 1 heterocycles. The van der Waals surface area contributed by atoms with Gasteiger partial charge in [-0.15, -0.1) is 6.58 Å². The van der Waals surface area contributed by atoms with E-state index in [4.69, 9.17) is 14.2 Å². The fourth-order valence-corrected chi connectivity index (χ4v) is 5.03. The summed E-state index contributed by atoms with van der Waals surface area (Å²) in [7, 11) is 0. The number of benzene rings is 2. The highest BCUT2D eigenvalue weighted by atomic mass is 19.4. The summed E-state index contributed by atoms with van der Waals surface area (Å²) in [5, 5.41) is 0. The quantitative estimate of drug-likeness (QED) is 0.246. The molecule has 0 unspecified atom stereocenters. The van der Waals surface area contributed by atoms with Crippen LogP contribution >= 0.6 is 0 Å². The molecule has 2 aromatic rings. The molecule has 2 aliphatic rings. The first-order valence-electron chi connectivity index (χ1n) is 12.6. The first-order valence-corrected chi connectivity index (χ1v) is 12.6. The van der Waals surface area contributed by atoms with Crippen LogP contribution in [0.1, 0.15) is 44.1 Å². The second kappa shape index (κ2) is 11.7. The van der Waals surface area contributed by atoms with Crippen LogP contribution in [-0.4, -0.2) is 25.6 Å². The van der Waals surface area contributed by atoms with E-state index in [2.05, 4.69) is 6.58 Å². The van der Waals surface area contributed by atoms with Gasteiger partial charge in [0.15, 0.2) is 6.29 Å². The van der Waals surface area contributed by atoms with Gasteiger partial charge in [0.25, 0.3) is 0 Å². The number of alkyl halides is 5. The number of ether oxygens (including phenoxy) is 3. The number of rotatable bonds is 8. The Labute approximate surface area is 216 Å². The first-order chi connectivity index (χ1) is 18.0. The van der Waals surface area contributed by atoms with Gasteiger partial charge < -0.3 is 14.2 Å². The molecular weight excluding hydrogens is 517 g/mol. The van der Waals surface area contributed by atoms with Crippen molar-refractivity contribution in [2.75, 3.05) is 13.2 Å². The molecule has 2 fully saturated rings. The SMILES string of the molecule is C=CCCC1COC(C2CCC(C(F)(F)Oc3cc(F)c(-c4ccc(C(F)(F)F)cc4)c(F)c3)CC2)OC1. The molecule has 1 saturated carbocycles. The molecule has 3 nitrogen and oxygen atoms in total. The largest absolute Gasteiger partial charge is 0.432 e. The molecule has 0 bridgehead atoms. The van der Waals surface area contributed by atoms with Crippen molar-refractivity contribution in [2.24, 2.45) is 17.8 Å². The molecule has 38 heavy (non-hydrogen) atoms. The van der Waals surface area contributed by atoms with E-state index in [1.54, 1.807) is 0 Å². The Balaban J connectivity index is 1.35. The van der Waals surface area contributed by atoms with E-state index in [9.17, 15) is 30.7 Å². The van der Waals surface area contributed by atoms with E-state index < -0.39 is 53.0 Å². The zero-order valence-electron chi connectivity index (χ0n) is 20.6. The normalized spacial score (nSPS) is 24.7. The lowest BCUT2D eigenvalue weighted by Crippen LogP contribution is -2.42. The van der Waals surface area contributed by atoms with Gasteiger partial charge in [-0.25, -0.2) is 8.78 Å². The number of hydrogen-bond donors (Lipinski definition) is 0. The third-order valence-corrected chi connectivity index (χ3v) is 7.17. The molecule has 4 rings (SSSR count). The lowest BCUT2D eigenvalue weighted by atomic mass is 9.80. The monoisotopic (exact) mass is 546 g/mol. The highest BCUT2D eigenvalue weighted by Gasteiger charge is 2.46. The lowest BCUT2D eigenvalue weighted by molar-refractivity contribution is -0.247. The van der Waals surface area contributed by atoms with E-state index in [1.165, 1.54) is 0 Å². The van der Waals surface area contributed by atoms with Crippen molar-refractivity contribution in [2.45, 2.75) is 57.1 Å². The zero-order valence-corrected chi connectivity index (χ0v) is 20.6. The molecule has 0 radical (unpaired) electrons. The Morgan fingerprint density at radius 1 is 0.895 bits per heavy atom. The van der Waals surface area contributed by atoms with Crippen LogP contribution in [0, 0.1) is 29.4 Å². The third-order valence-electron chi connectivity index (χ3n) is 7.17. The summed E-state index contributed by atoms with van der Waals surface area (Å²) in [4.78, 5) is 0. The van der Waals surface area contributed by atoms with Crippen LogP contribution in [0.2, 0.25) is 0 Å². The van der Waals surface area contributed by atoms with Crippen molar-refractivity contribution in [3.05, 3.63) is 66.3 Å². The third kappa shape index (κ3) is 6.69. The molecule has 10 heteroatoms.